The molecule has 1 amide bonds. The average molecular weight is 302 g/mol. The van der Waals surface area contributed by atoms with Crippen molar-refractivity contribution >= 4 is 27.8 Å². The number of carbonyl (C=O) groups excluding carboxylic acids is 1. The molecule has 0 aliphatic heterocycles. The molecule has 0 radical (unpaired) electrons. The summed E-state index contributed by atoms with van der Waals surface area (Å²) in [5.74, 6) is -1.70. The Hall–Kier alpha value is -1.40. The Bertz CT molecular complexity index is 435. The topological polar surface area (TPSA) is 77.8 Å². The van der Waals surface area contributed by atoms with Crippen LogP contribution < -0.4 is 0 Å². The number of aliphatic hydroxyl groups is 1. The van der Waals surface area contributed by atoms with Crippen LogP contribution >= 0.6 is 15.9 Å². The molecule has 0 bridgehead atoms. The molecular weight excluding hydrogens is 290 g/mol. The summed E-state index contributed by atoms with van der Waals surface area (Å²) in [6.07, 6.45) is 0. The number of halogens is 1. The van der Waals surface area contributed by atoms with Gasteiger partial charge in [0, 0.05) is 11.5 Å². The maximum Gasteiger partial charge on any atom is 0.328 e. The van der Waals surface area contributed by atoms with E-state index < -0.39 is 24.5 Å². The van der Waals surface area contributed by atoms with Gasteiger partial charge in [-0.25, -0.2) is 4.79 Å². The van der Waals surface area contributed by atoms with Crippen molar-refractivity contribution in [1.82, 2.24) is 4.90 Å². The Kier molecular flexibility index (Phi) is 4.65. The van der Waals surface area contributed by atoms with Gasteiger partial charge in [-0.05, 0) is 28.1 Å². The van der Waals surface area contributed by atoms with Gasteiger partial charge in [0.1, 0.15) is 0 Å². The van der Waals surface area contributed by atoms with Crippen LogP contribution in [0.5, 0.6) is 0 Å². The predicted molar refractivity (Wildman–Crippen MR) is 64.7 cm³/mol. The summed E-state index contributed by atoms with van der Waals surface area (Å²) < 4.78 is 0.582. The van der Waals surface area contributed by atoms with Crippen LogP contribution in [0.3, 0.4) is 0 Å². The molecule has 17 heavy (non-hydrogen) atoms. The van der Waals surface area contributed by atoms with Gasteiger partial charge in [0.15, 0.2) is 6.04 Å². The zero-order chi connectivity index (χ0) is 13.0. The smallest absolute Gasteiger partial charge is 0.328 e. The molecule has 6 heteroatoms. The maximum absolute atomic E-state index is 12.0. The fourth-order valence-electron chi connectivity index (χ4n) is 1.33. The molecule has 1 rings (SSSR count). The highest BCUT2D eigenvalue weighted by molar-refractivity contribution is 9.10. The zero-order valence-electron chi connectivity index (χ0n) is 9.13. The van der Waals surface area contributed by atoms with Crippen LogP contribution in [0.15, 0.2) is 28.7 Å². The number of amides is 1. The Balaban J connectivity index is 2.98. The van der Waals surface area contributed by atoms with Crippen molar-refractivity contribution in [3.8, 4) is 0 Å². The van der Waals surface area contributed by atoms with Gasteiger partial charge in [0.25, 0.3) is 5.91 Å². The number of likely N-dealkylation sites (N-methyl/N-ethyl adjacent to an activating group) is 1. The molecule has 0 fully saturated rings. The van der Waals surface area contributed by atoms with Crippen molar-refractivity contribution in [2.75, 3.05) is 13.7 Å². The quantitative estimate of drug-likeness (QED) is 0.868. The lowest BCUT2D eigenvalue weighted by Gasteiger charge is -2.23. The van der Waals surface area contributed by atoms with Crippen LogP contribution in [0.1, 0.15) is 10.4 Å². The first kappa shape index (κ1) is 13.7. The van der Waals surface area contributed by atoms with Crippen molar-refractivity contribution in [1.29, 1.82) is 0 Å². The van der Waals surface area contributed by atoms with Gasteiger partial charge in [0.05, 0.1) is 12.2 Å². The highest BCUT2D eigenvalue weighted by Gasteiger charge is 2.27. The van der Waals surface area contributed by atoms with Crippen molar-refractivity contribution < 1.29 is 19.8 Å². The van der Waals surface area contributed by atoms with Crippen molar-refractivity contribution in [3.63, 3.8) is 0 Å². The average Bonchev–Trinajstić information content (AvgIpc) is 2.29. The number of carbonyl (C=O) groups is 2. The Morgan fingerprint density at radius 3 is 2.47 bits per heavy atom. The van der Waals surface area contributed by atoms with E-state index in [-0.39, 0.29) is 0 Å². The molecule has 1 atom stereocenters. The van der Waals surface area contributed by atoms with E-state index in [1.807, 2.05) is 0 Å². The number of benzene rings is 1. The molecule has 0 aliphatic carbocycles. The Morgan fingerprint density at radius 1 is 1.41 bits per heavy atom. The summed E-state index contributed by atoms with van der Waals surface area (Å²) in [5, 5.41) is 17.8. The highest BCUT2D eigenvalue weighted by atomic mass is 79.9. The predicted octanol–water partition coefficient (Wildman–Crippen LogP) is 0.967. The second-order valence-electron chi connectivity index (χ2n) is 3.43. The third-order valence-corrected chi connectivity index (χ3v) is 3.04. The summed E-state index contributed by atoms with van der Waals surface area (Å²) in [7, 11) is 1.34. The van der Waals surface area contributed by atoms with Crippen molar-refractivity contribution in [2.24, 2.45) is 0 Å². The summed E-state index contributed by atoms with van der Waals surface area (Å²) in [6, 6.07) is 5.46. The van der Waals surface area contributed by atoms with Gasteiger partial charge in [-0.15, -0.1) is 0 Å². The van der Waals surface area contributed by atoms with Gasteiger partial charge in [0.2, 0.25) is 0 Å². The fourth-order valence-corrected chi connectivity index (χ4v) is 1.79. The summed E-state index contributed by atoms with van der Waals surface area (Å²) in [6.45, 7) is -0.623. The van der Waals surface area contributed by atoms with Crippen LogP contribution in [-0.2, 0) is 4.79 Å². The van der Waals surface area contributed by atoms with E-state index in [2.05, 4.69) is 15.9 Å². The zero-order valence-corrected chi connectivity index (χ0v) is 10.7. The van der Waals surface area contributed by atoms with E-state index in [0.717, 1.165) is 4.90 Å². The third kappa shape index (κ3) is 3.04. The van der Waals surface area contributed by atoms with Gasteiger partial charge >= 0.3 is 5.97 Å². The monoisotopic (exact) mass is 301 g/mol. The van der Waals surface area contributed by atoms with Crippen molar-refractivity contribution in [3.05, 3.63) is 34.3 Å². The second kappa shape index (κ2) is 5.79. The molecular formula is C11H12BrNO4. The summed E-state index contributed by atoms with van der Waals surface area (Å²) in [4.78, 5) is 23.8. The number of aliphatic hydroxyl groups excluding tert-OH is 1. The molecule has 1 aromatic carbocycles. The number of hydrogen-bond donors (Lipinski definition) is 2. The van der Waals surface area contributed by atoms with E-state index in [0.29, 0.717) is 10.0 Å². The van der Waals surface area contributed by atoms with Gasteiger partial charge in [-0.2, -0.15) is 0 Å². The molecule has 5 nitrogen and oxygen atoms in total. The Labute approximate surface area is 107 Å². The van der Waals surface area contributed by atoms with E-state index in [1.165, 1.54) is 7.05 Å². The number of hydrogen-bond acceptors (Lipinski definition) is 3. The second-order valence-corrected chi connectivity index (χ2v) is 4.29. The van der Waals surface area contributed by atoms with E-state index >= 15 is 0 Å². The van der Waals surface area contributed by atoms with E-state index in [9.17, 15) is 9.59 Å². The lowest BCUT2D eigenvalue weighted by atomic mass is 10.1. The molecule has 0 spiro atoms. The lowest BCUT2D eigenvalue weighted by Crippen LogP contribution is -2.44. The van der Waals surface area contributed by atoms with Crippen molar-refractivity contribution in [2.45, 2.75) is 6.04 Å². The van der Waals surface area contributed by atoms with Gasteiger partial charge in [-0.1, -0.05) is 12.1 Å². The number of carboxylic acid groups (broad SMARTS) is 1. The number of nitrogens with zero attached hydrogens (tertiary/aromatic N) is 1. The van der Waals surface area contributed by atoms with Crippen LogP contribution in [-0.4, -0.2) is 46.7 Å². The number of aliphatic carboxylic acids is 1. The molecule has 0 heterocycles. The lowest BCUT2D eigenvalue weighted by molar-refractivity contribution is -0.143. The molecule has 92 valence electrons. The minimum absolute atomic E-state index is 0.356. The van der Waals surface area contributed by atoms with Crippen LogP contribution in [0.25, 0.3) is 0 Å². The van der Waals surface area contributed by atoms with Crippen LogP contribution in [0, 0.1) is 0 Å². The minimum atomic E-state index is -1.24. The van der Waals surface area contributed by atoms with Gasteiger partial charge in [-0.3, -0.25) is 4.79 Å². The first-order valence-electron chi connectivity index (χ1n) is 4.84. The first-order valence-corrected chi connectivity index (χ1v) is 5.63. The fraction of sp³-hybridized carbons (Fsp3) is 0.273. The maximum atomic E-state index is 12.0. The number of rotatable bonds is 4. The summed E-state index contributed by atoms with van der Waals surface area (Å²) in [5.41, 5.74) is 0.356. The van der Waals surface area contributed by atoms with Gasteiger partial charge < -0.3 is 15.1 Å². The molecule has 0 saturated heterocycles. The van der Waals surface area contributed by atoms with Crippen LogP contribution in [0.4, 0.5) is 0 Å². The number of carboxylic acids is 1. The Morgan fingerprint density at radius 2 is 2.00 bits per heavy atom. The highest BCUT2D eigenvalue weighted by Crippen LogP contribution is 2.18. The van der Waals surface area contributed by atoms with E-state index in [1.54, 1.807) is 24.3 Å². The molecule has 1 unspecified atom stereocenters. The normalized spacial score (nSPS) is 11.9. The molecule has 0 saturated carbocycles. The largest absolute Gasteiger partial charge is 0.480 e. The minimum Gasteiger partial charge on any atom is -0.480 e. The standard InChI is InChI=1S/C11H12BrNO4/c1-13(9(6-14)11(16)17)10(15)7-4-2-3-5-8(7)12/h2-5,9,14H,6H2,1H3,(H,16,17). The third-order valence-electron chi connectivity index (χ3n) is 2.35. The molecule has 2 N–H and O–H groups in total. The molecule has 0 aromatic heterocycles. The molecule has 0 aliphatic rings. The SMILES string of the molecule is CN(C(=O)c1ccccc1Br)C(CO)C(=O)O. The van der Waals surface area contributed by atoms with Crippen LogP contribution in [0.2, 0.25) is 0 Å². The first-order chi connectivity index (χ1) is 7.99. The summed E-state index contributed by atoms with van der Waals surface area (Å²) >= 11 is 3.22. The molecule has 1 aromatic rings. The van der Waals surface area contributed by atoms with E-state index in [4.69, 9.17) is 10.2 Å².